The number of aromatic nitrogens is 1. The highest BCUT2D eigenvalue weighted by Gasteiger charge is 2.27. The van der Waals surface area contributed by atoms with Crippen LogP contribution in [0.3, 0.4) is 0 Å². The molecule has 1 aromatic heterocycles. The van der Waals surface area contributed by atoms with Crippen molar-refractivity contribution in [3.63, 3.8) is 0 Å². The van der Waals surface area contributed by atoms with Gasteiger partial charge in [-0.05, 0) is 61.4 Å². The summed E-state index contributed by atoms with van der Waals surface area (Å²) < 4.78 is 11.8. The van der Waals surface area contributed by atoms with E-state index in [1.165, 1.54) is 30.2 Å². The van der Waals surface area contributed by atoms with Crippen LogP contribution in [0.2, 0.25) is 5.02 Å². The van der Waals surface area contributed by atoms with E-state index in [1.54, 1.807) is 0 Å². The highest BCUT2D eigenvalue weighted by atomic mass is 35.5. The quantitative estimate of drug-likeness (QED) is 0.615. The number of hydrogen-bond acceptors (Lipinski definition) is 4. The summed E-state index contributed by atoms with van der Waals surface area (Å²) in [5.74, 6) is 2.28. The topological polar surface area (TPSA) is 57.7 Å². The first kappa shape index (κ1) is 19.6. The number of nitrogens with one attached hydrogen (secondary N) is 1. The van der Waals surface area contributed by atoms with Gasteiger partial charge in [0.15, 0.2) is 17.6 Å². The molecule has 0 amide bonds. The fraction of sp³-hybridized carbons (Fsp3) is 0.417. The highest BCUT2D eigenvalue weighted by molar-refractivity contribution is 6.31. The maximum absolute atomic E-state index is 9.33. The van der Waals surface area contributed by atoms with Gasteiger partial charge in [0.2, 0.25) is 0 Å². The number of aryl methyl sites for hydroxylation is 1. The Hall–Kier alpha value is -2.37. The number of para-hydroxylation sites is 1. The third-order valence-corrected chi connectivity index (χ3v) is 6.61. The second kappa shape index (κ2) is 8.40. The van der Waals surface area contributed by atoms with E-state index < -0.39 is 0 Å². The average Bonchev–Trinajstić information content (AvgIpc) is 3.19. The van der Waals surface area contributed by atoms with Crippen LogP contribution >= 0.6 is 11.6 Å². The van der Waals surface area contributed by atoms with Gasteiger partial charge >= 0.3 is 0 Å². The molecule has 3 aromatic rings. The molecule has 30 heavy (non-hydrogen) atoms. The number of halogens is 1. The molecule has 2 N–H and O–H groups in total. The van der Waals surface area contributed by atoms with Crippen LogP contribution in [0.5, 0.6) is 11.5 Å². The van der Waals surface area contributed by atoms with Crippen LogP contribution in [-0.2, 0) is 6.42 Å². The van der Waals surface area contributed by atoms with E-state index in [-0.39, 0.29) is 12.7 Å². The molecule has 2 aliphatic rings. The molecule has 5 rings (SSSR count). The lowest BCUT2D eigenvalue weighted by Gasteiger charge is -2.36. The Balaban J connectivity index is 1.20. The summed E-state index contributed by atoms with van der Waals surface area (Å²) in [7, 11) is 0. The van der Waals surface area contributed by atoms with Crippen LogP contribution in [-0.4, -0.2) is 42.5 Å². The molecule has 5 nitrogen and oxygen atoms in total. The second-order valence-corrected chi connectivity index (χ2v) is 8.75. The molecule has 3 heterocycles. The minimum atomic E-state index is -0.279. The molecule has 2 aliphatic heterocycles. The monoisotopic (exact) mass is 426 g/mol. The van der Waals surface area contributed by atoms with Crippen molar-refractivity contribution >= 4 is 28.2 Å². The third kappa shape index (κ3) is 3.84. The predicted molar refractivity (Wildman–Crippen MR) is 120 cm³/mol. The average molecular weight is 427 g/mol. The van der Waals surface area contributed by atoms with Crippen LogP contribution in [0.25, 0.3) is 10.9 Å². The number of fused-ring (bicyclic) bond motifs is 2. The zero-order chi connectivity index (χ0) is 20.5. The Labute approximate surface area is 181 Å². The van der Waals surface area contributed by atoms with Gasteiger partial charge in [0.25, 0.3) is 0 Å². The minimum absolute atomic E-state index is 0.0292. The van der Waals surface area contributed by atoms with Gasteiger partial charge < -0.3 is 24.5 Å². The van der Waals surface area contributed by atoms with Crippen molar-refractivity contribution in [2.75, 3.05) is 31.2 Å². The lowest BCUT2D eigenvalue weighted by atomic mass is 9.90. The van der Waals surface area contributed by atoms with Crippen molar-refractivity contribution in [2.24, 2.45) is 5.92 Å². The molecule has 2 aromatic carbocycles. The molecule has 0 saturated carbocycles. The number of hydrogen-bond donors (Lipinski definition) is 2. The van der Waals surface area contributed by atoms with Crippen molar-refractivity contribution in [1.82, 2.24) is 4.98 Å². The van der Waals surface area contributed by atoms with E-state index in [4.69, 9.17) is 21.1 Å². The summed E-state index contributed by atoms with van der Waals surface area (Å²) in [5, 5.41) is 11.4. The van der Waals surface area contributed by atoms with Crippen molar-refractivity contribution < 1.29 is 14.6 Å². The van der Waals surface area contributed by atoms with E-state index in [0.717, 1.165) is 53.2 Å². The van der Waals surface area contributed by atoms with Crippen molar-refractivity contribution in [2.45, 2.75) is 31.8 Å². The van der Waals surface area contributed by atoms with Gasteiger partial charge in [0.05, 0.1) is 12.3 Å². The molecule has 1 saturated heterocycles. The number of aliphatic hydroxyl groups is 1. The maximum atomic E-state index is 9.33. The van der Waals surface area contributed by atoms with Gasteiger partial charge in [-0.15, -0.1) is 0 Å². The lowest BCUT2D eigenvalue weighted by Crippen LogP contribution is -2.36. The van der Waals surface area contributed by atoms with Crippen LogP contribution in [0.15, 0.2) is 42.6 Å². The first-order chi connectivity index (χ1) is 14.7. The van der Waals surface area contributed by atoms with Crippen molar-refractivity contribution in [1.29, 1.82) is 0 Å². The van der Waals surface area contributed by atoms with Gasteiger partial charge in [0.1, 0.15) is 6.61 Å². The number of nitrogens with zero attached hydrogens (tertiary/aromatic N) is 1. The fourth-order valence-electron chi connectivity index (χ4n) is 4.66. The molecule has 6 heteroatoms. The zero-order valence-corrected chi connectivity index (χ0v) is 17.7. The van der Waals surface area contributed by atoms with E-state index in [1.807, 2.05) is 24.3 Å². The summed E-state index contributed by atoms with van der Waals surface area (Å²) in [6.45, 7) is 2.42. The number of aromatic amines is 1. The normalized spacial score (nSPS) is 19.4. The number of ether oxygens (including phenoxy) is 2. The molecular weight excluding hydrogens is 400 g/mol. The van der Waals surface area contributed by atoms with E-state index in [0.29, 0.717) is 6.61 Å². The molecule has 0 spiro atoms. The zero-order valence-electron chi connectivity index (χ0n) is 16.9. The number of piperidine rings is 1. The molecule has 1 atom stereocenters. The molecule has 0 radical (unpaired) electrons. The molecule has 0 bridgehead atoms. The van der Waals surface area contributed by atoms with Crippen LogP contribution in [0.1, 0.15) is 24.8 Å². The molecule has 1 fully saturated rings. The molecule has 158 valence electrons. The summed E-state index contributed by atoms with van der Waals surface area (Å²) in [6.07, 6.45) is 6.50. The third-order valence-electron chi connectivity index (χ3n) is 6.38. The summed E-state index contributed by atoms with van der Waals surface area (Å²) in [5.41, 5.74) is 3.60. The Morgan fingerprint density at radius 3 is 2.87 bits per heavy atom. The Kier molecular flexibility index (Phi) is 5.48. The summed E-state index contributed by atoms with van der Waals surface area (Å²) >= 11 is 6.10. The van der Waals surface area contributed by atoms with Crippen LogP contribution in [0, 0.1) is 5.92 Å². The Bertz CT molecular complexity index is 1030. The standard InChI is InChI=1S/C24H27ClN2O3/c25-18-6-7-20-17(13-26-21(20)12-18)5-4-16-8-10-27(11-9-16)22-2-1-3-23-24(22)29-15-19(14-28)30-23/h1-3,6-7,12-13,16,19,26,28H,4-5,8-11,14-15H2. The SMILES string of the molecule is OCC1COc2c(cccc2N2CCC(CCc3c[nH]c4cc(Cl)ccc34)CC2)O1. The van der Waals surface area contributed by atoms with Gasteiger partial charge in [-0.2, -0.15) is 0 Å². The van der Waals surface area contributed by atoms with Crippen LogP contribution in [0.4, 0.5) is 5.69 Å². The summed E-state index contributed by atoms with van der Waals surface area (Å²) in [6, 6.07) is 12.1. The largest absolute Gasteiger partial charge is 0.484 e. The summed E-state index contributed by atoms with van der Waals surface area (Å²) in [4.78, 5) is 5.76. The van der Waals surface area contributed by atoms with Gasteiger partial charge in [-0.3, -0.25) is 0 Å². The minimum Gasteiger partial charge on any atom is -0.484 e. The molecular formula is C24H27ClN2O3. The van der Waals surface area contributed by atoms with E-state index >= 15 is 0 Å². The van der Waals surface area contributed by atoms with Gasteiger partial charge in [-0.25, -0.2) is 0 Å². The van der Waals surface area contributed by atoms with Crippen LogP contribution < -0.4 is 14.4 Å². The number of benzene rings is 2. The fourth-order valence-corrected chi connectivity index (χ4v) is 4.83. The second-order valence-electron chi connectivity index (χ2n) is 8.31. The predicted octanol–water partition coefficient (Wildman–Crippen LogP) is 4.80. The number of anilines is 1. The van der Waals surface area contributed by atoms with Gasteiger partial charge in [-0.1, -0.05) is 23.7 Å². The smallest absolute Gasteiger partial charge is 0.184 e. The maximum Gasteiger partial charge on any atom is 0.184 e. The number of rotatable bonds is 5. The van der Waals surface area contributed by atoms with Crippen molar-refractivity contribution in [3.8, 4) is 11.5 Å². The van der Waals surface area contributed by atoms with Gasteiger partial charge in [0, 0.05) is 35.2 Å². The molecule has 1 unspecified atom stereocenters. The van der Waals surface area contributed by atoms with E-state index in [9.17, 15) is 5.11 Å². The van der Waals surface area contributed by atoms with E-state index in [2.05, 4.69) is 28.2 Å². The molecule has 0 aliphatic carbocycles. The van der Waals surface area contributed by atoms with Crippen molar-refractivity contribution in [3.05, 3.63) is 53.2 Å². The Morgan fingerprint density at radius 1 is 1.17 bits per heavy atom. The number of H-pyrrole nitrogens is 1. The first-order valence-electron chi connectivity index (χ1n) is 10.7. The number of aliphatic hydroxyl groups excluding tert-OH is 1. The first-order valence-corrected chi connectivity index (χ1v) is 11.1. The Morgan fingerprint density at radius 2 is 2.03 bits per heavy atom. The lowest BCUT2D eigenvalue weighted by molar-refractivity contribution is 0.0459. The highest BCUT2D eigenvalue weighted by Crippen LogP contribution is 2.42.